The van der Waals surface area contributed by atoms with E-state index < -0.39 is 11.9 Å². The summed E-state index contributed by atoms with van der Waals surface area (Å²) in [6.45, 7) is 6.94. The lowest BCUT2D eigenvalue weighted by molar-refractivity contribution is 0.0523. The van der Waals surface area contributed by atoms with Gasteiger partial charge in [-0.05, 0) is 33.7 Å². The maximum atomic E-state index is 11.8. The summed E-state index contributed by atoms with van der Waals surface area (Å²) in [7, 11) is 0. The molecule has 0 fully saturated rings. The van der Waals surface area contributed by atoms with Crippen molar-refractivity contribution in [2.45, 2.75) is 27.7 Å². The van der Waals surface area contributed by atoms with Gasteiger partial charge in [0.25, 0.3) is 0 Å². The Balaban J connectivity index is 3.38. The smallest absolute Gasteiger partial charge is 0.339 e. The van der Waals surface area contributed by atoms with Gasteiger partial charge in [-0.15, -0.1) is 0 Å². The second kappa shape index (κ2) is 6.14. The Bertz CT molecular complexity index is 472. The molecule has 0 aromatic carbocycles. The van der Waals surface area contributed by atoms with Crippen LogP contribution in [0.2, 0.25) is 0 Å². The van der Waals surface area contributed by atoms with Crippen molar-refractivity contribution >= 4 is 11.9 Å². The van der Waals surface area contributed by atoms with Crippen molar-refractivity contribution < 1.29 is 20.4 Å². The number of hydrogen-bond acceptors (Lipinski definition) is 5. The molecule has 1 rings (SSSR count). The summed E-state index contributed by atoms with van der Waals surface area (Å²) in [5.74, 6) is -1.30. The van der Waals surface area contributed by atoms with Crippen molar-refractivity contribution in [3.05, 3.63) is 28.6 Å². The van der Waals surface area contributed by atoms with Gasteiger partial charge in [0.1, 0.15) is 0 Å². The predicted molar refractivity (Wildman–Crippen MR) is 65.6 cm³/mol. The summed E-state index contributed by atoms with van der Waals surface area (Å²) >= 11 is 0. The van der Waals surface area contributed by atoms with Crippen molar-refractivity contribution in [3.63, 3.8) is 0 Å². The monoisotopic (exact) mass is 252 g/mol. The Labute approximate surface area is 108 Å². The number of carbonyl (C=O) groups is 2. The van der Waals surface area contributed by atoms with Crippen LogP contribution in [-0.4, -0.2) is 30.1 Å². The van der Waals surface area contributed by atoms with Crippen LogP contribution in [0.3, 0.4) is 0 Å². The van der Waals surface area contributed by atoms with E-state index in [-0.39, 0.29) is 30.4 Å². The van der Waals surface area contributed by atoms with Crippen LogP contribution < -0.4 is 0 Å². The van der Waals surface area contributed by atoms with Crippen molar-refractivity contribution in [1.29, 1.82) is 0 Å². The number of rotatable bonds is 4. The van der Waals surface area contributed by atoms with Crippen LogP contribution in [0.25, 0.3) is 0 Å². The quantitative estimate of drug-likeness (QED) is 0.767. The molecule has 0 aliphatic rings. The Kier molecular flexibility index (Phi) is 4.28. The molecule has 0 unspecified atom stereocenters. The highest BCUT2D eigenvalue weighted by atomic mass is 16.5. The number of ether oxygens (including phenoxy) is 2. The van der Waals surface area contributed by atoms with Gasteiger partial charge in [0, 0.05) is 0 Å². The summed E-state index contributed by atoms with van der Waals surface area (Å²) in [5, 5.41) is 0. The summed E-state index contributed by atoms with van der Waals surface area (Å²) < 4.78 is 17.8. The third kappa shape index (κ3) is 3.06. The largest absolute Gasteiger partial charge is 0.462 e. The third-order valence-corrected chi connectivity index (χ3v) is 2.27. The molecule has 1 aromatic rings. The minimum absolute atomic E-state index is 0.00973. The van der Waals surface area contributed by atoms with Gasteiger partial charge in [0.2, 0.25) is 0 Å². The molecule has 0 aliphatic carbocycles. The van der Waals surface area contributed by atoms with E-state index in [1.165, 1.54) is 0 Å². The standard InChI is InChI=1S/C13H17NO4/c1-5-17-12(15)10-7-11(13(16)18-6-2)9(4)14-8(10)3/h7H,5-6H2,1-4H3/i7D. The van der Waals surface area contributed by atoms with E-state index >= 15 is 0 Å². The third-order valence-electron chi connectivity index (χ3n) is 2.27. The molecule has 0 atom stereocenters. The molecule has 5 nitrogen and oxygen atoms in total. The average Bonchev–Trinajstić information content (AvgIpc) is 2.28. The van der Waals surface area contributed by atoms with Crippen LogP contribution in [0, 0.1) is 13.8 Å². The zero-order valence-electron chi connectivity index (χ0n) is 12.0. The van der Waals surface area contributed by atoms with E-state index in [0.29, 0.717) is 11.4 Å². The average molecular weight is 252 g/mol. The summed E-state index contributed by atoms with van der Waals surface area (Å²) in [4.78, 5) is 27.7. The highest BCUT2D eigenvalue weighted by molar-refractivity contribution is 5.96. The predicted octanol–water partition coefficient (Wildman–Crippen LogP) is 2.05. The Morgan fingerprint density at radius 3 is 1.83 bits per heavy atom. The van der Waals surface area contributed by atoms with Crippen LogP contribution in [-0.2, 0) is 9.47 Å². The second-order valence-corrected chi connectivity index (χ2v) is 3.60. The minimum atomic E-state index is -0.650. The van der Waals surface area contributed by atoms with Crippen LogP contribution in [0.4, 0.5) is 0 Å². The fourth-order valence-corrected chi connectivity index (χ4v) is 1.47. The molecule has 0 radical (unpaired) electrons. The number of hydrogen-bond donors (Lipinski definition) is 0. The maximum absolute atomic E-state index is 11.8. The van der Waals surface area contributed by atoms with E-state index in [0.717, 1.165) is 0 Å². The number of carbonyl (C=O) groups excluding carboxylic acids is 2. The zero-order chi connectivity index (χ0) is 14.6. The second-order valence-electron chi connectivity index (χ2n) is 3.60. The van der Waals surface area contributed by atoms with E-state index in [1.807, 2.05) is 0 Å². The first kappa shape index (κ1) is 12.5. The minimum Gasteiger partial charge on any atom is -0.462 e. The van der Waals surface area contributed by atoms with Gasteiger partial charge in [-0.2, -0.15) is 0 Å². The van der Waals surface area contributed by atoms with Gasteiger partial charge in [-0.25, -0.2) is 9.59 Å². The van der Waals surface area contributed by atoms with Gasteiger partial charge in [-0.3, -0.25) is 4.98 Å². The molecule has 1 heterocycles. The molecule has 0 saturated carbocycles. The first-order chi connectivity index (χ1) is 8.93. The molecule has 1 aromatic heterocycles. The van der Waals surface area contributed by atoms with E-state index in [1.54, 1.807) is 27.7 Å². The molecule has 0 N–H and O–H groups in total. The molecule has 0 bridgehead atoms. The zero-order valence-corrected chi connectivity index (χ0v) is 11.0. The molecule has 5 heteroatoms. The Morgan fingerprint density at radius 2 is 1.50 bits per heavy atom. The number of esters is 2. The van der Waals surface area contributed by atoms with Gasteiger partial charge >= 0.3 is 11.9 Å². The normalized spacial score (nSPS) is 10.8. The lowest BCUT2D eigenvalue weighted by Gasteiger charge is -2.10. The fraction of sp³-hybridized carbons (Fsp3) is 0.462. The molecule has 0 saturated heterocycles. The van der Waals surface area contributed by atoms with Crippen LogP contribution >= 0.6 is 0 Å². The van der Waals surface area contributed by atoms with E-state index in [2.05, 4.69) is 4.98 Å². The fourth-order valence-electron chi connectivity index (χ4n) is 1.47. The topological polar surface area (TPSA) is 65.5 Å². The Morgan fingerprint density at radius 1 is 1.11 bits per heavy atom. The van der Waals surface area contributed by atoms with Crippen LogP contribution in [0.15, 0.2) is 6.04 Å². The van der Waals surface area contributed by atoms with E-state index in [4.69, 9.17) is 10.8 Å². The van der Waals surface area contributed by atoms with Gasteiger partial charge in [0.15, 0.2) is 0 Å². The molecule has 18 heavy (non-hydrogen) atoms. The highest BCUT2D eigenvalue weighted by Gasteiger charge is 2.18. The highest BCUT2D eigenvalue weighted by Crippen LogP contribution is 2.15. The van der Waals surface area contributed by atoms with Gasteiger partial charge in [-0.1, -0.05) is 0 Å². The van der Waals surface area contributed by atoms with Gasteiger partial charge in [0.05, 0.1) is 37.1 Å². The van der Waals surface area contributed by atoms with Crippen molar-refractivity contribution in [3.8, 4) is 0 Å². The summed E-state index contributed by atoms with van der Waals surface area (Å²) in [6, 6.07) is -0.193. The SMILES string of the molecule is [2H]c1c(C(=O)OCC)c(C)nc(C)c1C(=O)OCC. The number of aryl methyl sites for hydroxylation is 2. The lowest BCUT2D eigenvalue weighted by Crippen LogP contribution is -2.14. The van der Waals surface area contributed by atoms with Crippen LogP contribution in [0.5, 0.6) is 0 Å². The van der Waals surface area contributed by atoms with Crippen molar-refractivity contribution in [2.24, 2.45) is 0 Å². The van der Waals surface area contributed by atoms with E-state index in [9.17, 15) is 9.59 Å². The molecule has 0 aliphatic heterocycles. The molecular formula is C13H17NO4. The first-order valence-corrected chi connectivity index (χ1v) is 5.76. The molecular weight excluding hydrogens is 234 g/mol. The number of aromatic nitrogens is 1. The van der Waals surface area contributed by atoms with Gasteiger partial charge < -0.3 is 9.47 Å². The Hall–Kier alpha value is -1.91. The lowest BCUT2D eigenvalue weighted by atomic mass is 10.1. The summed E-state index contributed by atoms with van der Waals surface area (Å²) in [5.41, 5.74) is 0.758. The first-order valence-electron chi connectivity index (χ1n) is 6.26. The van der Waals surface area contributed by atoms with Crippen molar-refractivity contribution in [1.82, 2.24) is 4.98 Å². The molecule has 0 spiro atoms. The number of nitrogens with zero attached hydrogens (tertiary/aromatic N) is 1. The molecule has 98 valence electrons. The molecule has 0 amide bonds. The summed E-state index contributed by atoms with van der Waals surface area (Å²) in [6.07, 6.45) is 0. The maximum Gasteiger partial charge on any atom is 0.339 e. The van der Waals surface area contributed by atoms with Crippen LogP contribution in [0.1, 0.15) is 47.3 Å². The number of pyridine rings is 1. The van der Waals surface area contributed by atoms with Crippen molar-refractivity contribution in [2.75, 3.05) is 13.2 Å².